The third kappa shape index (κ3) is 4.19. The lowest BCUT2D eigenvalue weighted by atomic mass is 10.3. The largest absolute Gasteiger partial charge is 0.482 e. The minimum atomic E-state index is -1.05. The van der Waals surface area contributed by atoms with Gasteiger partial charge < -0.3 is 24.0 Å². The van der Waals surface area contributed by atoms with Crippen LogP contribution >= 0.6 is 31.9 Å². The van der Waals surface area contributed by atoms with E-state index in [4.69, 9.17) is 19.0 Å². The second-order valence-corrected chi connectivity index (χ2v) is 8.11. The second-order valence-electron chi connectivity index (χ2n) is 6.40. The van der Waals surface area contributed by atoms with E-state index in [1.165, 1.54) is 0 Å². The molecule has 0 saturated heterocycles. The Morgan fingerprint density at radius 2 is 1.87 bits per heavy atom. The van der Waals surface area contributed by atoms with Gasteiger partial charge in [0.15, 0.2) is 24.1 Å². The number of nitrogens with zero attached hydrogens (tertiary/aromatic N) is 2. The summed E-state index contributed by atoms with van der Waals surface area (Å²) in [5.74, 6) is 2.37. The number of nitrogens with one attached hydrogen (secondary N) is 1. The number of aromatic nitrogens is 3. The molecule has 0 amide bonds. The highest BCUT2D eigenvalue weighted by Gasteiger charge is 2.15. The minimum Gasteiger partial charge on any atom is -0.482 e. The summed E-state index contributed by atoms with van der Waals surface area (Å²) < 4.78 is 17.9. The smallest absolute Gasteiger partial charge is 0.341 e. The zero-order valence-corrected chi connectivity index (χ0v) is 19.0. The summed E-state index contributed by atoms with van der Waals surface area (Å²) in [5, 5.41) is 8.75. The molecule has 0 aliphatic heterocycles. The number of H-pyrrole nitrogens is 1. The van der Waals surface area contributed by atoms with Crippen LogP contribution in [-0.4, -0.2) is 32.6 Å². The first kappa shape index (κ1) is 20.4. The first-order valence-corrected chi connectivity index (χ1v) is 10.3. The fourth-order valence-corrected chi connectivity index (χ4v) is 4.20. The molecule has 0 aliphatic carbocycles. The number of fused-ring (bicyclic) bond motifs is 1. The molecule has 154 valence electrons. The number of halogens is 2. The van der Waals surface area contributed by atoms with Crippen molar-refractivity contribution in [2.24, 2.45) is 0 Å². The lowest BCUT2D eigenvalue weighted by Gasteiger charge is -2.12. The first-order valence-electron chi connectivity index (χ1n) is 8.76. The van der Waals surface area contributed by atoms with Crippen molar-refractivity contribution < 1.29 is 23.8 Å². The number of ether oxygens (including phenoxy) is 2. The Morgan fingerprint density at radius 3 is 2.50 bits per heavy atom. The third-order valence-electron chi connectivity index (χ3n) is 4.14. The van der Waals surface area contributed by atoms with Crippen molar-refractivity contribution in [2.75, 3.05) is 6.61 Å². The van der Waals surface area contributed by atoms with Crippen molar-refractivity contribution in [3.8, 4) is 28.8 Å². The molecule has 0 atom stereocenters. The van der Waals surface area contributed by atoms with E-state index in [-0.39, 0.29) is 0 Å². The molecule has 0 saturated carbocycles. The van der Waals surface area contributed by atoms with Crippen molar-refractivity contribution in [1.29, 1.82) is 0 Å². The molecular formula is C20H15Br2N3O5. The van der Waals surface area contributed by atoms with E-state index < -0.39 is 12.6 Å². The lowest BCUT2D eigenvalue weighted by Crippen LogP contribution is -2.09. The van der Waals surface area contributed by atoms with Crippen LogP contribution in [0.5, 0.6) is 17.2 Å². The molecule has 0 fully saturated rings. The molecule has 2 aromatic heterocycles. The normalized spacial score (nSPS) is 11.1. The molecular weight excluding hydrogens is 522 g/mol. The van der Waals surface area contributed by atoms with E-state index >= 15 is 0 Å². The van der Waals surface area contributed by atoms with Crippen molar-refractivity contribution >= 4 is 48.9 Å². The van der Waals surface area contributed by atoms with E-state index in [2.05, 4.69) is 46.8 Å². The summed E-state index contributed by atoms with van der Waals surface area (Å²) in [6, 6.07) is 8.78. The average Bonchev–Trinajstić information content (AvgIpc) is 3.24. The van der Waals surface area contributed by atoms with Gasteiger partial charge in [0.1, 0.15) is 23.0 Å². The van der Waals surface area contributed by atoms with Gasteiger partial charge in [-0.1, -0.05) is 0 Å². The first-order chi connectivity index (χ1) is 14.3. The molecule has 0 bridgehead atoms. The van der Waals surface area contributed by atoms with Gasteiger partial charge in [-0.3, -0.25) is 0 Å². The molecule has 8 nitrogen and oxygen atoms in total. The highest BCUT2D eigenvalue weighted by Crippen LogP contribution is 2.40. The molecule has 2 heterocycles. The summed E-state index contributed by atoms with van der Waals surface area (Å²) in [5.41, 5.74) is 2.23. The van der Waals surface area contributed by atoms with Crippen molar-refractivity contribution in [3.63, 3.8) is 0 Å². The highest BCUT2D eigenvalue weighted by atomic mass is 79.9. The number of rotatable bonds is 6. The summed E-state index contributed by atoms with van der Waals surface area (Å²) in [6.07, 6.45) is 0. The van der Waals surface area contributed by atoms with Crippen LogP contribution in [0.1, 0.15) is 11.7 Å². The Balaban J connectivity index is 1.61. The van der Waals surface area contributed by atoms with Crippen LogP contribution in [0.15, 0.2) is 43.7 Å². The summed E-state index contributed by atoms with van der Waals surface area (Å²) >= 11 is 6.87. The molecule has 0 radical (unpaired) electrons. The number of aryl methyl sites for hydroxylation is 2. The third-order valence-corrected chi connectivity index (χ3v) is 5.31. The predicted octanol–water partition coefficient (Wildman–Crippen LogP) is 5.62. The summed E-state index contributed by atoms with van der Waals surface area (Å²) in [4.78, 5) is 22.9. The number of aliphatic carboxylic acids is 1. The van der Waals surface area contributed by atoms with Crippen LogP contribution in [-0.2, 0) is 4.79 Å². The average molecular weight is 537 g/mol. The molecule has 0 aliphatic rings. The molecule has 4 rings (SSSR count). The topological polar surface area (TPSA) is 110 Å². The molecule has 0 unspecified atom stereocenters. The van der Waals surface area contributed by atoms with Crippen LogP contribution < -0.4 is 9.47 Å². The van der Waals surface area contributed by atoms with Gasteiger partial charge in [-0.15, -0.1) is 0 Å². The van der Waals surface area contributed by atoms with Crippen molar-refractivity contribution in [2.45, 2.75) is 13.8 Å². The van der Waals surface area contributed by atoms with Crippen LogP contribution in [0.3, 0.4) is 0 Å². The number of carbonyl (C=O) groups is 1. The number of aromatic amines is 1. The molecule has 10 heteroatoms. The Hall–Kier alpha value is -2.85. The van der Waals surface area contributed by atoms with Crippen LogP contribution in [0.4, 0.5) is 0 Å². The van der Waals surface area contributed by atoms with Crippen LogP contribution in [0.2, 0.25) is 0 Å². The lowest BCUT2D eigenvalue weighted by molar-refractivity contribution is -0.139. The minimum absolute atomic E-state index is 0.399. The van der Waals surface area contributed by atoms with Gasteiger partial charge in [-0.05, 0) is 63.0 Å². The van der Waals surface area contributed by atoms with E-state index in [1.807, 2.05) is 25.1 Å². The number of carboxylic acid groups (broad SMARTS) is 1. The number of benzene rings is 2. The van der Waals surface area contributed by atoms with Gasteiger partial charge in [-0.25, -0.2) is 14.8 Å². The molecule has 30 heavy (non-hydrogen) atoms. The van der Waals surface area contributed by atoms with Gasteiger partial charge in [0, 0.05) is 13.0 Å². The quantitative estimate of drug-likeness (QED) is 0.329. The Bertz CT molecular complexity index is 1240. The van der Waals surface area contributed by atoms with Crippen molar-refractivity contribution in [3.05, 3.63) is 50.9 Å². The molecule has 4 aromatic rings. The van der Waals surface area contributed by atoms with E-state index in [9.17, 15) is 4.79 Å². The Kier molecular flexibility index (Phi) is 5.52. The Morgan fingerprint density at radius 1 is 1.13 bits per heavy atom. The van der Waals surface area contributed by atoms with Crippen molar-refractivity contribution in [1.82, 2.24) is 15.0 Å². The van der Waals surface area contributed by atoms with Gasteiger partial charge in [0.25, 0.3) is 0 Å². The van der Waals surface area contributed by atoms with E-state index in [0.29, 0.717) is 49.4 Å². The standard InChI is InChI=1S/C20H15Br2N3O5/c1-9-18(23-10(2)29-9)20-24-15-4-3-11(7-16(15)25-20)30-19-13(21)5-12(6-14(19)22)28-8-17(26)27/h3-7H,8H2,1-2H3,(H,24,25)(H,26,27). The molecule has 0 spiro atoms. The zero-order valence-electron chi connectivity index (χ0n) is 15.8. The molecule has 2 aromatic carbocycles. The van der Waals surface area contributed by atoms with Gasteiger partial charge in [0.2, 0.25) is 0 Å². The van der Waals surface area contributed by atoms with E-state index in [1.54, 1.807) is 19.1 Å². The van der Waals surface area contributed by atoms with E-state index in [0.717, 1.165) is 11.0 Å². The maximum Gasteiger partial charge on any atom is 0.341 e. The number of carboxylic acids is 1. The fourth-order valence-electron chi connectivity index (χ4n) is 2.89. The van der Waals surface area contributed by atoms with Gasteiger partial charge in [-0.2, -0.15) is 0 Å². The monoisotopic (exact) mass is 535 g/mol. The van der Waals surface area contributed by atoms with Crippen LogP contribution in [0, 0.1) is 13.8 Å². The predicted molar refractivity (Wildman–Crippen MR) is 116 cm³/mol. The number of oxazole rings is 1. The fraction of sp³-hybridized carbons (Fsp3) is 0.150. The number of imidazole rings is 1. The maximum atomic E-state index is 10.7. The van der Waals surface area contributed by atoms with Gasteiger partial charge >= 0.3 is 5.97 Å². The zero-order chi connectivity index (χ0) is 21.4. The summed E-state index contributed by atoms with van der Waals surface area (Å²) in [7, 11) is 0. The van der Waals surface area contributed by atoms with Gasteiger partial charge in [0.05, 0.1) is 20.0 Å². The maximum absolute atomic E-state index is 10.7. The summed E-state index contributed by atoms with van der Waals surface area (Å²) in [6.45, 7) is 3.21. The Labute approximate surface area is 187 Å². The number of hydrogen-bond acceptors (Lipinski definition) is 6. The number of hydrogen-bond donors (Lipinski definition) is 2. The highest BCUT2D eigenvalue weighted by molar-refractivity contribution is 9.11. The molecule has 2 N–H and O–H groups in total. The SMILES string of the molecule is Cc1nc(-c2nc3ccc(Oc4c(Br)cc(OCC(=O)O)cc4Br)cc3[nH]2)c(C)o1. The van der Waals surface area contributed by atoms with Crippen LogP contribution in [0.25, 0.3) is 22.6 Å². The second kappa shape index (κ2) is 8.11.